The van der Waals surface area contributed by atoms with Crippen molar-refractivity contribution in [3.8, 4) is 0 Å². The number of hydrogen-bond acceptors (Lipinski definition) is 2. The van der Waals surface area contributed by atoms with E-state index >= 15 is 0 Å². The first-order valence-corrected chi connectivity index (χ1v) is 6.68. The molecule has 2 nitrogen and oxygen atoms in total. The quantitative estimate of drug-likeness (QED) is 0.538. The van der Waals surface area contributed by atoms with E-state index in [2.05, 4.69) is 0 Å². The minimum absolute atomic E-state index is 0.0475. The van der Waals surface area contributed by atoms with Crippen LogP contribution in [0.4, 0.5) is 13.2 Å². The molecule has 0 aliphatic rings. The van der Waals surface area contributed by atoms with Crippen LogP contribution in [0.3, 0.4) is 0 Å². The standard InChI is InChI=1S/C7H12ClF3O2S/c8-14(12,13)6-4-2-1-3-5-7(9,10)11/h1-6H2. The zero-order chi connectivity index (χ0) is 11.2. The molecule has 0 aromatic carbocycles. The van der Waals surface area contributed by atoms with Gasteiger partial charge in [0.05, 0.1) is 5.75 Å². The van der Waals surface area contributed by atoms with Crippen LogP contribution in [0.25, 0.3) is 0 Å². The summed E-state index contributed by atoms with van der Waals surface area (Å²) in [6.45, 7) is 0. The van der Waals surface area contributed by atoms with E-state index in [4.69, 9.17) is 10.7 Å². The summed E-state index contributed by atoms with van der Waals surface area (Å²) in [5.74, 6) is -0.166. The van der Waals surface area contributed by atoms with Crippen molar-refractivity contribution in [1.82, 2.24) is 0 Å². The van der Waals surface area contributed by atoms with Crippen LogP contribution in [0.2, 0.25) is 0 Å². The van der Waals surface area contributed by atoms with Gasteiger partial charge >= 0.3 is 6.18 Å². The highest BCUT2D eigenvalue weighted by Gasteiger charge is 2.25. The summed E-state index contributed by atoms with van der Waals surface area (Å²) in [5.41, 5.74) is 0. The first-order valence-electron chi connectivity index (χ1n) is 4.20. The van der Waals surface area contributed by atoms with Gasteiger partial charge in [0, 0.05) is 17.1 Å². The smallest absolute Gasteiger partial charge is 0.212 e. The van der Waals surface area contributed by atoms with Crippen molar-refractivity contribution >= 4 is 19.7 Å². The largest absolute Gasteiger partial charge is 0.389 e. The molecule has 0 aliphatic heterocycles. The van der Waals surface area contributed by atoms with E-state index in [-0.39, 0.29) is 12.2 Å². The van der Waals surface area contributed by atoms with E-state index in [1.165, 1.54) is 0 Å². The average molecular weight is 253 g/mol. The van der Waals surface area contributed by atoms with Gasteiger partial charge in [-0.3, -0.25) is 0 Å². The molecule has 0 rings (SSSR count). The Hall–Kier alpha value is 0.0300. The SMILES string of the molecule is O=S(=O)(Cl)CCCCCCC(F)(F)F. The van der Waals surface area contributed by atoms with E-state index in [0.717, 1.165) is 0 Å². The number of rotatable bonds is 6. The molecular weight excluding hydrogens is 241 g/mol. The lowest BCUT2D eigenvalue weighted by Crippen LogP contribution is -2.06. The maximum Gasteiger partial charge on any atom is 0.389 e. The van der Waals surface area contributed by atoms with Gasteiger partial charge in [-0.2, -0.15) is 13.2 Å². The highest BCUT2D eigenvalue weighted by atomic mass is 35.7. The van der Waals surface area contributed by atoms with Gasteiger partial charge in [0.25, 0.3) is 0 Å². The van der Waals surface area contributed by atoms with Crippen LogP contribution >= 0.6 is 10.7 Å². The van der Waals surface area contributed by atoms with Crippen molar-refractivity contribution in [2.45, 2.75) is 38.3 Å². The molecule has 0 heterocycles. The molecule has 0 amide bonds. The van der Waals surface area contributed by atoms with Gasteiger partial charge in [-0.05, 0) is 12.8 Å². The second-order valence-electron chi connectivity index (χ2n) is 3.02. The van der Waals surface area contributed by atoms with Gasteiger partial charge < -0.3 is 0 Å². The van der Waals surface area contributed by atoms with E-state index in [1.54, 1.807) is 0 Å². The van der Waals surface area contributed by atoms with Crippen molar-refractivity contribution in [1.29, 1.82) is 0 Å². The van der Waals surface area contributed by atoms with Crippen LogP contribution in [0, 0.1) is 0 Å². The Balaban J connectivity index is 3.32. The molecule has 7 heteroatoms. The Morgan fingerprint density at radius 2 is 1.50 bits per heavy atom. The first kappa shape index (κ1) is 14.0. The Labute approximate surface area is 85.9 Å². The molecule has 0 bridgehead atoms. The van der Waals surface area contributed by atoms with E-state index in [9.17, 15) is 21.6 Å². The van der Waals surface area contributed by atoms with Crippen LogP contribution in [0.15, 0.2) is 0 Å². The predicted octanol–water partition coefficient (Wildman–Crippen LogP) is 3.07. The van der Waals surface area contributed by atoms with E-state index in [0.29, 0.717) is 19.3 Å². The number of halogens is 4. The van der Waals surface area contributed by atoms with Gasteiger partial charge in [-0.1, -0.05) is 12.8 Å². The van der Waals surface area contributed by atoms with Crippen molar-refractivity contribution in [2.24, 2.45) is 0 Å². The Bertz CT molecular complexity index is 248. The van der Waals surface area contributed by atoms with Crippen LogP contribution in [0.5, 0.6) is 0 Å². The Kier molecular flexibility index (Phi) is 5.81. The molecule has 0 aromatic heterocycles. The summed E-state index contributed by atoms with van der Waals surface area (Å²) in [5, 5.41) is 0. The van der Waals surface area contributed by atoms with E-state index < -0.39 is 21.6 Å². The van der Waals surface area contributed by atoms with Crippen LogP contribution < -0.4 is 0 Å². The van der Waals surface area contributed by atoms with Gasteiger partial charge in [-0.15, -0.1) is 0 Å². The number of alkyl halides is 3. The van der Waals surface area contributed by atoms with Gasteiger partial charge in [-0.25, -0.2) is 8.42 Å². The average Bonchev–Trinajstić information content (AvgIpc) is 1.92. The molecule has 0 saturated heterocycles. The number of hydrogen-bond donors (Lipinski definition) is 0. The highest BCUT2D eigenvalue weighted by molar-refractivity contribution is 8.13. The van der Waals surface area contributed by atoms with Crippen LogP contribution in [-0.2, 0) is 9.05 Å². The lowest BCUT2D eigenvalue weighted by atomic mass is 10.1. The number of unbranched alkanes of at least 4 members (excludes halogenated alkanes) is 3. The molecule has 14 heavy (non-hydrogen) atoms. The third-order valence-electron chi connectivity index (χ3n) is 1.60. The van der Waals surface area contributed by atoms with Crippen molar-refractivity contribution in [2.75, 3.05) is 5.75 Å². The summed E-state index contributed by atoms with van der Waals surface area (Å²) in [7, 11) is 1.42. The highest BCUT2D eigenvalue weighted by Crippen LogP contribution is 2.22. The van der Waals surface area contributed by atoms with Crippen molar-refractivity contribution in [3.05, 3.63) is 0 Å². The molecule has 0 atom stereocenters. The molecule has 86 valence electrons. The lowest BCUT2D eigenvalue weighted by Gasteiger charge is -2.04. The summed E-state index contributed by atoms with van der Waals surface area (Å²) < 4.78 is 55.7. The molecule has 0 N–H and O–H groups in total. The zero-order valence-corrected chi connectivity index (χ0v) is 9.05. The van der Waals surface area contributed by atoms with E-state index in [1.807, 2.05) is 0 Å². The summed E-state index contributed by atoms with van der Waals surface area (Å²) in [6, 6.07) is 0. The molecule has 0 saturated carbocycles. The maximum absolute atomic E-state index is 11.6. The summed E-state index contributed by atoms with van der Waals surface area (Å²) in [6.07, 6.45) is -3.71. The fourth-order valence-electron chi connectivity index (χ4n) is 0.953. The third-order valence-corrected chi connectivity index (χ3v) is 2.84. The maximum atomic E-state index is 11.6. The molecular formula is C7H12ClF3O2S. The molecule has 0 spiro atoms. The minimum Gasteiger partial charge on any atom is -0.212 e. The van der Waals surface area contributed by atoms with Gasteiger partial charge in [0.15, 0.2) is 0 Å². The predicted molar refractivity (Wildman–Crippen MR) is 48.8 cm³/mol. The second kappa shape index (κ2) is 5.80. The van der Waals surface area contributed by atoms with Crippen LogP contribution in [0.1, 0.15) is 32.1 Å². The molecule has 0 radical (unpaired) electrons. The van der Waals surface area contributed by atoms with Crippen molar-refractivity contribution in [3.63, 3.8) is 0 Å². The monoisotopic (exact) mass is 252 g/mol. The molecule has 0 fully saturated rings. The fraction of sp³-hybridized carbons (Fsp3) is 1.00. The third kappa shape index (κ3) is 12.0. The normalized spacial score (nSPS) is 13.1. The lowest BCUT2D eigenvalue weighted by molar-refractivity contribution is -0.135. The summed E-state index contributed by atoms with van der Waals surface area (Å²) in [4.78, 5) is 0. The Morgan fingerprint density at radius 3 is 1.93 bits per heavy atom. The molecule has 0 aliphatic carbocycles. The minimum atomic E-state index is -4.11. The fourth-order valence-corrected chi connectivity index (χ4v) is 1.83. The Morgan fingerprint density at radius 1 is 1.00 bits per heavy atom. The summed E-state index contributed by atoms with van der Waals surface area (Å²) >= 11 is 0. The topological polar surface area (TPSA) is 34.1 Å². The van der Waals surface area contributed by atoms with Crippen LogP contribution in [-0.4, -0.2) is 20.3 Å². The molecule has 0 aromatic rings. The first-order chi connectivity index (χ1) is 6.21. The van der Waals surface area contributed by atoms with Crippen molar-refractivity contribution < 1.29 is 21.6 Å². The van der Waals surface area contributed by atoms with Gasteiger partial charge in [0.2, 0.25) is 9.05 Å². The zero-order valence-electron chi connectivity index (χ0n) is 7.48. The molecule has 0 unspecified atom stereocenters. The second-order valence-corrected chi connectivity index (χ2v) is 5.92. The van der Waals surface area contributed by atoms with Gasteiger partial charge in [0.1, 0.15) is 0 Å².